The number of hydrogen-bond donors (Lipinski definition) is 0. The highest BCUT2D eigenvalue weighted by molar-refractivity contribution is 5.93. The highest BCUT2D eigenvalue weighted by Gasteiger charge is 2.29. The lowest BCUT2D eigenvalue weighted by molar-refractivity contribution is -0.131. The second kappa shape index (κ2) is 12.2. The third-order valence-corrected chi connectivity index (χ3v) is 4.74. The van der Waals surface area contributed by atoms with Crippen molar-refractivity contribution < 1.29 is 33.3 Å². The average molecular weight is 486 g/mol. The normalized spacial score (nSPS) is 12.0. The Morgan fingerprint density at radius 3 is 2.17 bits per heavy atom. The summed E-state index contributed by atoms with van der Waals surface area (Å²) < 4.78 is 22.3. The lowest BCUT2D eigenvalue weighted by Gasteiger charge is -2.32. The maximum atomic E-state index is 13.1. The lowest BCUT2D eigenvalue weighted by atomic mass is 10.2. The van der Waals surface area contributed by atoms with Crippen molar-refractivity contribution in [2.45, 2.75) is 66.2 Å². The predicted molar refractivity (Wildman–Crippen MR) is 132 cm³/mol. The van der Waals surface area contributed by atoms with E-state index in [1.165, 1.54) is 24.0 Å². The Morgan fingerprint density at radius 1 is 0.971 bits per heavy atom. The Balaban J connectivity index is 2.26. The quantitative estimate of drug-likeness (QED) is 0.357. The summed E-state index contributed by atoms with van der Waals surface area (Å²) in [4.78, 5) is 38.8. The monoisotopic (exact) mass is 485 g/mol. The Labute approximate surface area is 207 Å². The molecule has 0 fully saturated rings. The number of rotatable bonds is 9. The van der Waals surface area contributed by atoms with Crippen molar-refractivity contribution >= 4 is 18.0 Å². The molecule has 0 saturated heterocycles. The molecule has 8 heteroatoms. The minimum atomic E-state index is -0.830. The van der Waals surface area contributed by atoms with E-state index in [1.807, 2.05) is 45.0 Å². The van der Waals surface area contributed by atoms with Gasteiger partial charge in [0.25, 0.3) is 0 Å². The van der Waals surface area contributed by atoms with Crippen LogP contribution in [0.15, 0.2) is 48.5 Å². The molecule has 8 nitrogen and oxygen atoms in total. The minimum Gasteiger partial charge on any atom is -0.490 e. The van der Waals surface area contributed by atoms with Crippen LogP contribution in [0.3, 0.4) is 0 Å². The van der Waals surface area contributed by atoms with Gasteiger partial charge in [-0.15, -0.1) is 0 Å². The number of para-hydroxylation sites is 1. The average Bonchev–Trinajstić information content (AvgIpc) is 2.75. The maximum Gasteiger partial charge on any atom is 0.410 e. The smallest absolute Gasteiger partial charge is 0.410 e. The summed E-state index contributed by atoms with van der Waals surface area (Å²) >= 11 is 0. The Kier molecular flexibility index (Phi) is 9.68. The first kappa shape index (κ1) is 27.7. The van der Waals surface area contributed by atoms with Gasteiger partial charge in [-0.1, -0.05) is 29.8 Å². The zero-order chi connectivity index (χ0) is 26.2. The van der Waals surface area contributed by atoms with Crippen molar-refractivity contribution in [3.05, 3.63) is 59.7 Å². The molecule has 0 aliphatic rings. The molecule has 0 bridgehead atoms. The van der Waals surface area contributed by atoms with E-state index in [4.69, 9.17) is 18.9 Å². The number of aryl methyl sites for hydroxylation is 1. The van der Waals surface area contributed by atoms with Crippen LogP contribution in [0.1, 0.15) is 57.5 Å². The number of esters is 2. The van der Waals surface area contributed by atoms with Crippen molar-refractivity contribution in [2.75, 3.05) is 13.2 Å². The van der Waals surface area contributed by atoms with E-state index < -0.39 is 29.7 Å². The van der Waals surface area contributed by atoms with E-state index in [1.54, 1.807) is 32.9 Å². The second-order valence-corrected chi connectivity index (χ2v) is 9.47. The molecule has 0 aliphatic heterocycles. The van der Waals surface area contributed by atoms with Crippen LogP contribution in [-0.2, 0) is 14.3 Å². The third kappa shape index (κ3) is 9.31. The summed E-state index contributed by atoms with van der Waals surface area (Å²) in [6, 6.07) is 13.5. The minimum absolute atomic E-state index is 0.00342. The van der Waals surface area contributed by atoms with Crippen LogP contribution in [0.2, 0.25) is 0 Å². The van der Waals surface area contributed by atoms with Gasteiger partial charge in [0.15, 0.2) is 6.10 Å². The summed E-state index contributed by atoms with van der Waals surface area (Å²) in [5, 5.41) is 0. The summed E-state index contributed by atoms with van der Waals surface area (Å²) in [5.41, 5.74) is 0.493. The number of benzene rings is 2. The molecule has 1 atom stereocenters. The van der Waals surface area contributed by atoms with E-state index in [0.29, 0.717) is 5.75 Å². The topological polar surface area (TPSA) is 91.4 Å². The lowest BCUT2D eigenvalue weighted by Crippen LogP contribution is -2.47. The van der Waals surface area contributed by atoms with Crippen molar-refractivity contribution in [1.29, 1.82) is 0 Å². The number of carbonyl (C=O) groups excluding carboxylic acids is 3. The summed E-state index contributed by atoms with van der Waals surface area (Å²) in [5.74, 6) is -0.561. The number of amides is 1. The highest BCUT2D eigenvalue weighted by atomic mass is 16.6. The molecule has 0 aliphatic carbocycles. The third-order valence-electron chi connectivity index (χ3n) is 4.74. The predicted octanol–water partition coefficient (Wildman–Crippen LogP) is 5.17. The van der Waals surface area contributed by atoms with Gasteiger partial charge in [0.2, 0.25) is 0 Å². The van der Waals surface area contributed by atoms with Crippen LogP contribution < -0.4 is 9.47 Å². The molecular weight excluding hydrogens is 450 g/mol. The van der Waals surface area contributed by atoms with Crippen LogP contribution >= 0.6 is 0 Å². The fourth-order valence-corrected chi connectivity index (χ4v) is 3.08. The Hall–Kier alpha value is -3.55. The SMILES string of the molecule is CC(=O)Oc1ccccc1C(=O)OC(COc1ccc(C)cc1)CN(C(=O)OC(C)(C)C)C(C)C. The molecule has 1 unspecified atom stereocenters. The molecule has 2 aromatic carbocycles. The fourth-order valence-electron chi connectivity index (χ4n) is 3.08. The molecule has 0 radical (unpaired) electrons. The highest BCUT2D eigenvalue weighted by Crippen LogP contribution is 2.21. The van der Waals surface area contributed by atoms with Crippen LogP contribution in [0, 0.1) is 6.92 Å². The first-order chi connectivity index (χ1) is 16.4. The van der Waals surface area contributed by atoms with Gasteiger partial charge in [0.1, 0.15) is 29.3 Å². The standard InChI is InChI=1S/C27H35NO7/c1-18(2)28(26(31)35-27(5,6)7)16-22(17-32-21-14-12-19(3)13-15-21)34-25(30)23-10-8-9-11-24(23)33-20(4)29/h8-15,18,22H,16-17H2,1-7H3. The van der Waals surface area contributed by atoms with Gasteiger partial charge in [0.05, 0.1) is 6.54 Å². The van der Waals surface area contributed by atoms with E-state index in [0.717, 1.165) is 5.56 Å². The van der Waals surface area contributed by atoms with Gasteiger partial charge in [-0.3, -0.25) is 4.79 Å². The van der Waals surface area contributed by atoms with Gasteiger partial charge < -0.3 is 23.8 Å². The molecule has 35 heavy (non-hydrogen) atoms. The number of nitrogens with zero attached hydrogens (tertiary/aromatic N) is 1. The summed E-state index contributed by atoms with van der Waals surface area (Å²) in [6.45, 7) is 12.3. The molecule has 0 N–H and O–H groups in total. The molecule has 2 aromatic rings. The van der Waals surface area contributed by atoms with E-state index in [2.05, 4.69) is 0 Å². The Bertz CT molecular complexity index is 1010. The maximum absolute atomic E-state index is 13.1. The second-order valence-electron chi connectivity index (χ2n) is 9.47. The van der Waals surface area contributed by atoms with Crippen molar-refractivity contribution in [3.8, 4) is 11.5 Å². The molecule has 2 rings (SSSR count). The van der Waals surface area contributed by atoms with Gasteiger partial charge >= 0.3 is 18.0 Å². The summed E-state index contributed by atoms with van der Waals surface area (Å²) in [6.07, 6.45) is -1.35. The van der Waals surface area contributed by atoms with E-state index >= 15 is 0 Å². The van der Waals surface area contributed by atoms with E-state index in [-0.39, 0.29) is 30.5 Å². The molecule has 0 aromatic heterocycles. The zero-order valence-electron chi connectivity index (χ0n) is 21.5. The van der Waals surface area contributed by atoms with Crippen LogP contribution in [0.5, 0.6) is 11.5 Å². The first-order valence-corrected chi connectivity index (χ1v) is 11.5. The summed E-state index contributed by atoms with van der Waals surface area (Å²) in [7, 11) is 0. The van der Waals surface area contributed by atoms with Crippen molar-refractivity contribution in [2.24, 2.45) is 0 Å². The van der Waals surface area contributed by atoms with Gasteiger partial charge in [-0.05, 0) is 65.8 Å². The first-order valence-electron chi connectivity index (χ1n) is 11.5. The van der Waals surface area contributed by atoms with Crippen LogP contribution in [0.25, 0.3) is 0 Å². The van der Waals surface area contributed by atoms with Crippen LogP contribution in [-0.4, -0.2) is 53.8 Å². The largest absolute Gasteiger partial charge is 0.490 e. The van der Waals surface area contributed by atoms with Gasteiger partial charge in [0, 0.05) is 13.0 Å². The van der Waals surface area contributed by atoms with Gasteiger partial charge in [-0.25, -0.2) is 9.59 Å². The number of hydrogen-bond acceptors (Lipinski definition) is 7. The zero-order valence-corrected chi connectivity index (χ0v) is 21.5. The van der Waals surface area contributed by atoms with Crippen molar-refractivity contribution in [1.82, 2.24) is 4.90 Å². The van der Waals surface area contributed by atoms with E-state index in [9.17, 15) is 14.4 Å². The molecule has 190 valence electrons. The molecule has 0 saturated carbocycles. The number of ether oxygens (including phenoxy) is 4. The van der Waals surface area contributed by atoms with Crippen LogP contribution in [0.4, 0.5) is 4.79 Å². The van der Waals surface area contributed by atoms with Gasteiger partial charge in [-0.2, -0.15) is 0 Å². The molecule has 1 amide bonds. The molecule has 0 spiro atoms. The molecule has 0 heterocycles. The molecular formula is C27H35NO7. The number of carbonyl (C=O) groups is 3. The Morgan fingerprint density at radius 2 is 1.60 bits per heavy atom. The fraction of sp³-hybridized carbons (Fsp3) is 0.444. The van der Waals surface area contributed by atoms with Crippen molar-refractivity contribution in [3.63, 3.8) is 0 Å².